The van der Waals surface area contributed by atoms with E-state index in [2.05, 4.69) is 15.5 Å². The molecule has 3 rings (SSSR count). The Kier molecular flexibility index (Phi) is 4.73. The normalized spacial score (nSPS) is 12.3. The number of nitrogens with zero attached hydrogens (tertiary/aromatic N) is 6. The Morgan fingerprint density at radius 3 is 2.64 bits per heavy atom. The van der Waals surface area contributed by atoms with E-state index in [-0.39, 0.29) is 11.7 Å². The maximum Gasteiger partial charge on any atom is 0.269 e. The quantitative estimate of drug-likeness (QED) is 0.514. The summed E-state index contributed by atoms with van der Waals surface area (Å²) < 4.78 is 1.58. The number of benzene rings is 2. The SMILES string of the molecule is CN(C)C(c1cccc([N+](=O)[O-])c1)c1nnnn1-c1cccc(Cl)c1. The van der Waals surface area contributed by atoms with Gasteiger partial charge in [-0.1, -0.05) is 29.8 Å². The summed E-state index contributed by atoms with van der Waals surface area (Å²) in [5.41, 5.74) is 1.45. The fraction of sp³-hybridized carbons (Fsp3) is 0.188. The van der Waals surface area contributed by atoms with Crippen molar-refractivity contribution in [3.8, 4) is 5.69 Å². The molecule has 0 fully saturated rings. The molecule has 0 saturated heterocycles. The number of nitro groups is 1. The van der Waals surface area contributed by atoms with Crippen molar-refractivity contribution >= 4 is 17.3 Å². The molecule has 0 spiro atoms. The highest BCUT2D eigenvalue weighted by molar-refractivity contribution is 6.30. The zero-order chi connectivity index (χ0) is 18.0. The summed E-state index contributed by atoms with van der Waals surface area (Å²) in [6.45, 7) is 0. The van der Waals surface area contributed by atoms with Crippen molar-refractivity contribution in [2.45, 2.75) is 6.04 Å². The minimum Gasteiger partial charge on any atom is -0.296 e. The molecule has 1 aromatic heterocycles. The zero-order valence-corrected chi connectivity index (χ0v) is 14.3. The molecule has 128 valence electrons. The third kappa shape index (κ3) is 3.49. The molecule has 25 heavy (non-hydrogen) atoms. The smallest absolute Gasteiger partial charge is 0.269 e. The first-order valence-electron chi connectivity index (χ1n) is 7.42. The van der Waals surface area contributed by atoms with E-state index in [1.807, 2.05) is 31.1 Å². The van der Waals surface area contributed by atoms with E-state index >= 15 is 0 Å². The Hall–Kier alpha value is -2.84. The van der Waals surface area contributed by atoms with Gasteiger partial charge in [0, 0.05) is 17.2 Å². The summed E-state index contributed by atoms with van der Waals surface area (Å²) in [5, 5.41) is 23.6. The Balaban J connectivity index is 2.11. The second kappa shape index (κ2) is 6.96. The van der Waals surface area contributed by atoms with Crippen LogP contribution in [-0.2, 0) is 0 Å². The van der Waals surface area contributed by atoms with Crippen LogP contribution in [0.3, 0.4) is 0 Å². The molecule has 1 atom stereocenters. The van der Waals surface area contributed by atoms with Crippen LogP contribution in [0.2, 0.25) is 5.02 Å². The molecule has 0 saturated carbocycles. The topological polar surface area (TPSA) is 90.0 Å². The predicted molar refractivity (Wildman–Crippen MR) is 92.8 cm³/mol. The van der Waals surface area contributed by atoms with Gasteiger partial charge in [-0.15, -0.1) is 5.10 Å². The first-order chi connectivity index (χ1) is 12.0. The predicted octanol–water partition coefficient (Wildman–Crippen LogP) is 2.87. The van der Waals surface area contributed by atoms with Gasteiger partial charge in [-0.05, 0) is 48.3 Å². The van der Waals surface area contributed by atoms with E-state index in [1.165, 1.54) is 12.1 Å². The highest BCUT2D eigenvalue weighted by Crippen LogP contribution is 2.29. The average molecular weight is 359 g/mol. The van der Waals surface area contributed by atoms with Gasteiger partial charge in [-0.25, -0.2) is 0 Å². The number of non-ortho nitro benzene ring substituents is 1. The Bertz CT molecular complexity index is 911. The van der Waals surface area contributed by atoms with Gasteiger partial charge in [0.15, 0.2) is 5.82 Å². The lowest BCUT2D eigenvalue weighted by molar-refractivity contribution is -0.384. The number of rotatable bonds is 5. The summed E-state index contributed by atoms with van der Waals surface area (Å²) in [4.78, 5) is 12.6. The molecule has 1 unspecified atom stereocenters. The standard InChI is InChI=1S/C16H15ClN6O2/c1-21(2)15(11-5-3-8-14(9-11)23(24)25)16-18-19-20-22(16)13-7-4-6-12(17)10-13/h3-10,15H,1-2H3. The van der Waals surface area contributed by atoms with Crippen LogP contribution < -0.4 is 0 Å². The van der Waals surface area contributed by atoms with Crippen molar-refractivity contribution < 1.29 is 4.92 Å². The zero-order valence-electron chi connectivity index (χ0n) is 13.6. The molecule has 0 radical (unpaired) electrons. The molecule has 8 nitrogen and oxygen atoms in total. The maximum atomic E-state index is 11.1. The van der Waals surface area contributed by atoms with E-state index in [0.29, 0.717) is 16.5 Å². The molecule has 0 amide bonds. The van der Waals surface area contributed by atoms with Gasteiger partial charge < -0.3 is 0 Å². The van der Waals surface area contributed by atoms with Crippen LogP contribution in [0.5, 0.6) is 0 Å². The number of hydrogen-bond donors (Lipinski definition) is 0. The van der Waals surface area contributed by atoms with Gasteiger partial charge in [-0.2, -0.15) is 4.68 Å². The molecule has 1 heterocycles. The van der Waals surface area contributed by atoms with Crippen molar-refractivity contribution in [3.05, 3.63) is 75.1 Å². The van der Waals surface area contributed by atoms with E-state index in [1.54, 1.807) is 28.9 Å². The van der Waals surface area contributed by atoms with Gasteiger partial charge in [0.25, 0.3) is 5.69 Å². The highest BCUT2D eigenvalue weighted by atomic mass is 35.5. The second-order valence-corrected chi connectivity index (χ2v) is 6.08. The summed E-state index contributed by atoms with van der Waals surface area (Å²) in [6, 6.07) is 13.2. The molecule has 0 aliphatic rings. The minimum absolute atomic E-state index is 0.0196. The molecule has 0 bridgehead atoms. The van der Waals surface area contributed by atoms with Crippen LogP contribution in [0.1, 0.15) is 17.4 Å². The maximum absolute atomic E-state index is 11.1. The second-order valence-electron chi connectivity index (χ2n) is 5.65. The number of halogens is 1. The fourth-order valence-electron chi connectivity index (χ4n) is 2.64. The minimum atomic E-state index is -0.420. The Labute approximate surface area is 148 Å². The van der Waals surface area contributed by atoms with Crippen LogP contribution in [0, 0.1) is 10.1 Å². The molecule has 0 N–H and O–H groups in total. The summed E-state index contributed by atoms with van der Waals surface area (Å²) in [5.74, 6) is 0.535. The summed E-state index contributed by atoms with van der Waals surface area (Å²) >= 11 is 6.06. The first kappa shape index (κ1) is 17.0. The van der Waals surface area contributed by atoms with Crippen molar-refractivity contribution in [1.29, 1.82) is 0 Å². The van der Waals surface area contributed by atoms with Crippen LogP contribution in [0.4, 0.5) is 5.69 Å². The summed E-state index contributed by atoms with van der Waals surface area (Å²) in [6.07, 6.45) is 0. The monoisotopic (exact) mass is 358 g/mol. The van der Waals surface area contributed by atoms with E-state index in [0.717, 1.165) is 5.56 Å². The Morgan fingerprint density at radius 2 is 1.96 bits per heavy atom. The molecule has 3 aromatic rings. The largest absolute Gasteiger partial charge is 0.296 e. The van der Waals surface area contributed by atoms with Gasteiger partial charge in [0.1, 0.15) is 0 Å². The fourth-order valence-corrected chi connectivity index (χ4v) is 2.83. The highest BCUT2D eigenvalue weighted by Gasteiger charge is 2.25. The van der Waals surface area contributed by atoms with Crippen LogP contribution in [0.15, 0.2) is 48.5 Å². The van der Waals surface area contributed by atoms with Crippen molar-refractivity contribution in [2.75, 3.05) is 14.1 Å². The molecular formula is C16H15ClN6O2. The van der Waals surface area contributed by atoms with E-state index in [9.17, 15) is 10.1 Å². The van der Waals surface area contributed by atoms with Gasteiger partial charge >= 0.3 is 0 Å². The van der Waals surface area contributed by atoms with Crippen molar-refractivity contribution in [3.63, 3.8) is 0 Å². The molecule has 2 aromatic carbocycles. The lowest BCUT2D eigenvalue weighted by atomic mass is 10.0. The third-order valence-corrected chi connectivity index (χ3v) is 3.94. The van der Waals surface area contributed by atoms with Crippen molar-refractivity contribution in [2.24, 2.45) is 0 Å². The third-order valence-electron chi connectivity index (χ3n) is 3.70. The van der Waals surface area contributed by atoms with Crippen molar-refractivity contribution in [1.82, 2.24) is 25.1 Å². The number of hydrogen-bond acceptors (Lipinski definition) is 6. The lowest BCUT2D eigenvalue weighted by Crippen LogP contribution is -2.24. The van der Waals surface area contributed by atoms with Gasteiger partial charge in [0.2, 0.25) is 0 Å². The van der Waals surface area contributed by atoms with Gasteiger partial charge in [-0.3, -0.25) is 15.0 Å². The summed E-state index contributed by atoms with van der Waals surface area (Å²) in [7, 11) is 3.72. The van der Waals surface area contributed by atoms with E-state index in [4.69, 9.17) is 11.6 Å². The number of aromatic nitrogens is 4. The average Bonchev–Trinajstić information content (AvgIpc) is 3.04. The number of tetrazole rings is 1. The lowest BCUT2D eigenvalue weighted by Gasteiger charge is -2.23. The molecule has 9 heteroatoms. The van der Waals surface area contributed by atoms with E-state index < -0.39 is 4.92 Å². The Morgan fingerprint density at radius 1 is 1.20 bits per heavy atom. The first-order valence-corrected chi connectivity index (χ1v) is 7.80. The van der Waals surface area contributed by atoms with Crippen LogP contribution in [-0.4, -0.2) is 44.1 Å². The molecule has 0 aliphatic heterocycles. The van der Waals surface area contributed by atoms with Crippen LogP contribution in [0.25, 0.3) is 5.69 Å². The van der Waals surface area contributed by atoms with Crippen LogP contribution >= 0.6 is 11.6 Å². The number of nitro benzene ring substituents is 1. The molecule has 0 aliphatic carbocycles. The van der Waals surface area contributed by atoms with Gasteiger partial charge in [0.05, 0.1) is 16.7 Å². The molecular weight excluding hydrogens is 344 g/mol.